The summed E-state index contributed by atoms with van der Waals surface area (Å²) in [6.07, 6.45) is -1.60. The fraction of sp³-hybridized carbons (Fsp3) is 0.467. The van der Waals surface area contributed by atoms with Gasteiger partial charge in [0.1, 0.15) is 6.10 Å². The molecule has 2 amide bonds. The Hall–Kier alpha value is -2.01. The molecular weight excluding hydrogens is 352 g/mol. The Kier molecular flexibility index (Phi) is 6.11. The summed E-state index contributed by atoms with van der Waals surface area (Å²) in [5.41, 5.74) is 2.92. The molecular formula is C15H20N2O7S. The highest BCUT2D eigenvalue weighted by atomic mass is 32.2. The van der Waals surface area contributed by atoms with Gasteiger partial charge in [-0.05, 0) is 24.6 Å². The first-order valence-electron chi connectivity index (χ1n) is 7.43. The van der Waals surface area contributed by atoms with E-state index in [2.05, 4.69) is 0 Å². The van der Waals surface area contributed by atoms with Crippen LogP contribution in [-0.2, 0) is 32.0 Å². The van der Waals surface area contributed by atoms with Crippen LogP contribution in [0.4, 0.5) is 10.5 Å². The Morgan fingerprint density at radius 2 is 2.12 bits per heavy atom. The number of anilines is 1. The summed E-state index contributed by atoms with van der Waals surface area (Å²) in [6.45, 7) is 1.78. The second-order valence-corrected chi connectivity index (χ2v) is 7.24. The predicted molar refractivity (Wildman–Crippen MR) is 88.5 cm³/mol. The number of methoxy groups -OCH3 is 1. The Morgan fingerprint density at radius 3 is 2.64 bits per heavy atom. The summed E-state index contributed by atoms with van der Waals surface area (Å²) in [5.74, 6) is -1.02. The second kappa shape index (κ2) is 7.91. The lowest BCUT2D eigenvalue weighted by molar-refractivity contribution is -0.132. The van der Waals surface area contributed by atoms with Crippen LogP contribution in [-0.4, -0.2) is 50.5 Å². The number of cyclic esters (lactones) is 1. The van der Waals surface area contributed by atoms with Crippen molar-refractivity contribution in [2.24, 2.45) is 0 Å². The normalized spacial score (nSPS) is 20.7. The van der Waals surface area contributed by atoms with E-state index >= 15 is 0 Å². The number of nitrogens with one attached hydrogen (secondary N) is 1. The lowest BCUT2D eigenvalue weighted by atomic mass is 10.0. The van der Waals surface area contributed by atoms with Gasteiger partial charge in [-0.25, -0.2) is 14.5 Å². The highest BCUT2D eigenvalue weighted by molar-refractivity contribution is 7.81. The number of rotatable bonds is 7. The van der Waals surface area contributed by atoms with E-state index in [1.807, 2.05) is 12.1 Å². The number of hydrogen-bond acceptors (Lipinski definition) is 6. The number of ether oxygens (including phenoxy) is 2. The van der Waals surface area contributed by atoms with Crippen LogP contribution >= 0.6 is 0 Å². The number of carbonyl (C=O) groups excluding carboxylic acids is 2. The van der Waals surface area contributed by atoms with Gasteiger partial charge in [0.2, 0.25) is 0 Å². The summed E-state index contributed by atoms with van der Waals surface area (Å²) < 4.78 is 29.3. The molecule has 10 heteroatoms. The van der Waals surface area contributed by atoms with Crippen LogP contribution in [0.15, 0.2) is 24.3 Å². The summed E-state index contributed by atoms with van der Waals surface area (Å²) >= 11 is -2.56. The standard InChI is InChI=1S/C15H20N2O7S/c1-15(25(21)22,13(18)16-20)7-12-8-17(14(19)24-12)11-5-3-10(4-6-11)9-23-2/h3-6,12,20H,7-9H2,1-2H3,(H,16,18)(H,21,22)/t12-,15+/m0/s1. The van der Waals surface area contributed by atoms with E-state index in [1.165, 1.54) is 17.3 Å². The van der Waals surface area contributed by atoms with Crippen molar-refractivity contribution in [3.8, 4) is 0 Å². The predicted octanol–water partition coefficient (Wildman–Crippen LogP) is 1.03. The van der Waals surface area contributed by atoms with Crippen LogP contribution in [0.1, 0.15) is 18.9 Å². The molecule has 3 atom stereocenters. The van der Waals surface area contributed by atoms with Gasteiger partial charge in [0.25, 0.3) is 5.91 Å². The molecule has 0 bridgehead atoms. The maximum absolute atomic E-state index is 12.1. The van der Waals surface area contributed by atoms with E-state index < -0.39 is 33.9 Å². The van der Waals surface area contributed by atoms with Crippen LogP contribution < -0.4 is 10.4 Å². The minimum absolute atomic E-state index is 0.119. The first-order valence-corrected chi connectivity index (χ1v) is 8.54. The van der Waals surface area contributed by atoms with Crippen LogP contribution in [0.2, 0.25) is 0 Å². The number of nitrogens with zero attached hydrogens (tertiary/aromatic N) is 1. The zero-order chi connectivity index (χ0) is 18.6. The molecule has 0 saturated carbocycles. The number of benzene rings is 1. The number of carbonyl (C=O) groups is 2. The molecule has 0 radical (unpaired) electrons. The molecule has 0 spiro atoms. The van der Waals surface area contributed by atoms with Gasteiger partial charge in [-0.2, -0.15) is 0 Å². The highest BCUT2D eigenvalue weighted by Crippen LogP contribution is 2.28. The van der Waals surface area contributed by atoms with E-state index in [0.29, 0.717) is 12.3 Å². The average Bonchev–Trinajstić information content (AvgIpc) is 2.94. The minimum atomic E-state index is -2.56. The molecule has 1 aliphatic rings. The maximum Gasteiger partial charge on any atom is 0.414 e. The first kappa shape index (κ1) is 19.3. The van der Waals surface area contributed by atoms with Crippen molar-refractivity contribution < 1.29 is 33.0 Å². The number of hydrogen-bond donors (Lipinski definition) is 3. The summed E-state index contributed by atoms with van der Waals surface area (Å²) in [5, 5.41) is 8.77. The van der Waals surface area contributed by atoms with Crippen molar-refractivity contribution in [3.05, 3.63) is 29.8 Å². The highest BCUT2D eigenvalue weighted by Gasteiger charge is 2.45. The molecule has 9 nitrogen and oxygen atoms in total. The monoisotopic (exact) mass is 372 g/mol. The Balaban J connectivity index is 2.11. The second-order valence-electron chi connectivity index (χ2n) is 5.84. The fourth-order valence-corrected chi connectivity index (χ4v) is 3.11. The SMILES string of the molecule is COCc1ccc(N2C[C@H](C[C@](C)(C(=O)NO)S(=O)O)OC2=O)cc1. The summed E-state index contributed by atoms with van der Waals surface area (Å²) in [6, 6.07) is 7.10. The molecule has 1 fully saturated rings. The van der Waals surface area contributed by atoms with E-state index in [0.717, 1.165) is 5.56 Å². The molecule has 0 aliphatic carbocycles. The third-order valence-corrected chi connectivity index (χ3v) is 5.14. The molecule has 25 heavy (non-hydrogen) atoms. The van der Waals surface area contributed by atoms with E-state index in [9.17, 15) is 18.4 Å². The molecule has 1 aliphatic heterocycles. The zero-order valence-corrected chi connectivity index (χ0v) is 14.6. The van der Waals surface area contributed by atoms with Crippen LogP contribution in [0.3, 0.4) is 0 Å². The zero-order valence-electron chi connectivity index (χ0n) is 13.8. The van der Waals surface area contributed by atoms with Crippen molar-refractivity contribution >= 4 is 28.8 Å². The van der Waals surface area contributed by atoms with Crippen molar-refractivity contribution in [3.63, 3.8) is 0 Å². The van der Waals surface area contributed by atoms with Crippen LogP contribution in [0, 0.1) is 0 Å². The Morgan fingerprint density at radius 1 is 1.48 bits per heavy atom. The van der Waals surface area contributed by atoms with Gasteiger partial charge in [0.15, 0.2) is 15.8 Å². The van der Waals surface area contributed by atoms with Gasteiger partial charge in [-0.3, -0.25) is 14.9 Å². The van der Waals surface area contributed by atoms with E-state index in [1.54, 1.807) is 19.2 Å². The molecule has 1 saturated heterocycles. The van der Waals surface area contributed by atoms with Crippen LogP contribution in [0.25, 0.3) is 0 Å². The van der Waals surface area contributed by atoms with Crippen molar-refractivity contribution in [2.45, 2.75) is 30.8 Å². The molecule has 0 aromatic heterocycles. The topological polar surface area (TPSA) is 125 Å². The minimum Gasteiger partial charge on any atom is -0.444 e. The average molecular weight is 372 g/mol. The van der Waals surface area contributed by atoms with Gasteiger partial charge in [0.05, 0.1) is 13.2 Å². The van der Waals surface area contributed by atoms with Crippen molar-refractivity contribution in [1.82, 2.24) is 5.48 Å². The number of amides is 2. The van der Waals surface area contributed by atoms with Gasteiger partial charge in [-0.1, -0.05) is 12.1 Å². The first-order chi connectivity index (χ1) is 11.8. The molecule has 1 heterocycles. The van der Waals surface area contributed by atoms with E-state index in [4.69, 9.17) is 14.7 Å². The smallest absolute Gasteiger partial charge is 0.414 e. The van der Waals surface area contributed by atoms with Gasteiger partial charge < -0.3 is 14.0 Å². The van der Waals surface area contributed by atoms with Gasteiger partial charge in [0, 0.05) is 19.2 Å². The van der Waals surface area contributed by atoms with Gasteiger partial charge >= 0.3 is 6.09 Å². The molecule has 2 rings (SSSR count). The molecule has 1 unspecified atom stereocenters. The molecule has 138 valence electrons. The van der Waals surface area contributed by atoms with Crippen molar-refractivity contribution in [2.75, 3.05) is 18.6 Å². The van der Waals surface area contributed by atoms with Gasteiger partial charge in [-0.15, -0.1) is 0 Å². The van der Waals surface area contributed by atoms with E-state index in [-0.39, 0.29) is 13.0 Å². The quantitative estimate of drug-likeness (QED) is 0.371. The molecule has 1 aromatic rings. The fourth-order valence-electron chi connectivity index (χ4n) is 2.57. The summed E-state index contributed by atoms with van der Waals surface area (Å²) in [7, 11) is 1.58. The third kappa shape index (κ3) is 4.15. The number of hydroxylamine groups is 1. The van der Waals surface area contributed by atoms with Crippen LogP contribution in [0.5, 0.6) is 0 Å². The molecule has 3 N–H and O–H groups in total. The lowest BCUT2D eigenvalue weighted by Crippen LogP contribution is -2.49. The lowest BCUT2D eigenvalue weighted by Gasteiger charge is -2.25. The summed E-state index contributed by atoms with van der Waals surface area (Å²) in [4.78, 5) is 25.2. The molecule has 1 aromatic carbocycles. The maximum atomic E-state index is 12.1. The van der Waals surface area contributed by atoms with Crippen molar-refractivity contribution in [1.29, 1.82) is 0 Å². The Bertz CT molecular complexity index is 666. The Labute approximate surface area is 147 Å². The largest absolute Gasteiger partial charge is 0.444 e. The third-order valence-electron chi connectivity index (χ3n) is 4.02.